The van der Waals surface area contributed by atoms with Crippen molar-refractivity contribution >= 4 is 28.3 Å². The first-order chi connectivity index (χ1) is 11.5. The molecule has 0 atom stereocenters. The van der Waals surface area contributed by atoms with Crippen LogP contribution in [-0.2, 0) is 6.54 Å². The van der Waals surface area contributed by atoms with E-state index in [1.807, 2.05) is 19.1 Å². The molecule has 1 aromatic heterocycles. The van der Waals surface area contributed by atoms with E-state index < -0.39 is 0 Å². The Morgan fingerprint density at radius 3 is 2.54 bits per heavy atom. The Kier molecular flexibility index (Phi) is 4.40. The van der Waals surface area contributed by atoms with Gasteiger partial charge < -0.3 is 4.74 Å². The van der Waals surface area contributed by atoms with Crippen LogP contribution in [0.4, 0.5) is 0 Å². The summed E-state index contributed by atoms with van der Waals surface area (Å²) in [6.45, 7) is 1.81. The van der Waals surface area contributed by atoms with Crippen LogP contribution in [0.1, 0.15) is 15.9 Å². The molecule has 0 unspecified atom stereocenters. The van der Waals surface area contributed by atoms with Crippen LogP contribution in [0.25, 0.3) is 10.9 Å². The second kappa shape index (κ2) is 6.49. The number of aryl methyl sites for hydroxylation is 1. The highest BCUT2D eigenvalue weighted by molar-refractivity contribution is 6.30. The number of carbonyl (C=O) groups excluding carboxylic acids is 1. The molecule has 0 spiro atoms. The Labute approximate surface area is 144 Å². The maximum absolute atomic E-state index is 12.6. The number of benzene rings is 2. The molecule has 5 heteroatoms. The molecule has 4 nitrogen and oxygen atoms in total. The Hall–Kier alpha value is -2.59. The van der Waals surface area contributed by atoms with Gasteiger partial charge in [0.05, 0.1) is 19.2 Å². The maximum Gasteiger partial charge on any atom is 0.251 e. The second-order valence-electron chi connectivity index (χ2n) is 5.54. The number of pyridine rings is 1. The zero-order chi connectivity index (χ0) is 17.3. The Morgan fingerprint density at radius 2 is 1.88 bits per heavy atom. The predicted molar refractivity (Wildman–Crippen MR) is 95.3 cm³/mol. The largest absolute Gasteiger partial charge is 0.495 e. The van der Waals surface area contributed by atoms with E-state index in [4.69, 9.17) is 16.3 Å². The summed E-state index contributed by atoms with van der Waals surface area (Å²) in [5.74, 6) is 0.405. The van der Waals surface area contributed by atoms with Gasteiger partial charge >= 0.3 is 0 Å². The van der Waals surface area contributed by atoms with Crippen molar-refractivity contribution in [2.24, 2.45) is 0 Å². The van der Waals surface area contributed by atoms with E-state index in [-0.39, 0.29) is 17.9 Å². The molecule has 0 aliphatic heterocycles. The zero-order valence-electron chi connectivity index (χ0n) is 13.4. The van der Waals surface area contributed by atoms with Crippen LogP contribution in [0.15, 0.2) is 53.3 Å². The van der Waals surface area contributed by atoms with Crippen molar-refractivity contribution in [3.8, 4) is 5.75 Å². The number of hydrogen-bond donors (Lipinski definition) is 0. The number of carbonyl (C=O) groups is 1. The Morgan fingerprint density at radius 1 is 1.17 bits per heavy atom. The monoisotopic (exact) mass is 341 g/mol. The van der Waals surface area contributed by atoms with Gasteiger partial charge in [-0.3, -0.25) is 14.2 Å². The molecule has 0 N–H and O–H groups in total. The molecule has 122 valence electrons. The molecule has 1 heterocycles. The van der Waals surface area contributed by atoms with E-state index in [1.165, 1.54) is 10.6 Å². The molecule has 0 aliphatic carbocycles. The number of fused-ring (bicyclic) bond motifs is 1. The SMILES string of the molecule is COc1cccc2c(C)cc(=O)n(CC(=O)c3ccc(Cl)cc3)c12. The molecule has 0 saturated heterocycles. The number of nitrogens with zero attached hydrogens (tertiary/aromatic N) is 1. The van der Waals surface area contributed by atoms with Crippen molar-refractivity contribution in [1.82, 2.24) is 4.57 Å². The minimum Gasteiger partial charge on any atom is -0.495 e. The number of ketones is 1. The summed E-state index contributed by atoms with van der Waals surface area (Å²) in [7, 11) is 1.55. The van der Waals surface area contributed by atoms with Crippen LogP contribution in [0.2, 0.25) is 5.02 Å². The number of hydrogen-bond acceptors (Lipinski definition) is 3. The molecular formula is C19H16ClNO3. The van der Waals surface area contributed by atoms with Gasteiger partial charge in [0, 0.05) is 22.0 Å². The minimum atomic E-state index is -0.230. The first kappa shape index (κ1) is 16.3. The topological polar surface area (TPSA) is 48.3 Å². The maximum atomic E-state index is 12.6. The molecule has 0 bridgehead atoms. The summed E-state index contributed by atoms with van der Waals surface area (Å²) in [6.07, 6.45) is 0. The van der Waals surface area contributed by atoms with Crippen molar-refractivity contribution in [1.29, 1.82) is 0 Å². The lowest BCUT2D eigenvalue weighted by Crippen LogP contribution is -2.25. The normalized spacial score (nSPS) is 10.8. The van der Waals surface area contributed by atoms with Gasteiger partial charge in [0.15, 0.2) is 5.78 Å². The van der Waals surface area contributed by atoms with Crippen molar-refractivity contribution in [2.75, 3.05) is 7.11 Å². The molecule has 24 heavy (non-hydrogen) atoms. The van der Waals surface area contributed by atoms with Gasteiger partial charge in [-0.1, -0.05) is 23.7 Å². The fourth-order valence-electron chi connectivity index (χ4n) is 2.76. The summed E-state index contributed by atoms with van der Waals surface area (Å²) >= 11 is 5.85. The van der Waals surface area contributed by atoms with E-state index in [2.05, 4.69) is 0 Å². The zero-order valence-corrected chi connectivity index (χ0v) is 14.1. The number of methoxy groups -OCH3 is 1. The predicted octanol–water partition coefficient (Wildman–Crippen LogP) is 3.85. The summed E-state index contributed by atoms with van der Waals surface area (Å²) < 4.78 is 6.85. The Balaban J connectivity index is 2.14. The van der Waals surface area contributed by atoms with Crippen LogP contribution >= 0.6 is 11.6 Å². The lowest BCUT2D eigenvalue weighted by Gasteiger charge is -2.14. The average Bonchev–Trinajstić information content (AvgIpc) is 2.58. The van der Waals surface area contributed by atoms with Gasteiger partial charge in [-0.05, 0) is 42.8 Å². The van der Waals surface area contributed by atoms with Crippen LogP contribution in [0.5, 0.6) is 5.75 Å². The quantitative estimate of drug-likeness (QED) is 0.677. The van der Waals surface area contributed by atoms with Gasteiger partial charge in [0.1, 0.15) is 5.75 Å². The fraction of sp³-hybridized carbons (Fsp3) is 0.158. The molecule has 0 amide bonds. The smallest absolute Gasteiger partial charge is 0.251 e. The lowest BCUT2D eigenvalue weighted by atomic mass is 10.1. The number of rotatable bonds is 4. The third kappa shape index (κ3) is 2.93. The molecular weight excluding hydrogens is 326 g/mol. The average molecular weight is 342 g/mol. The number of halogens is 1. The third-order valence-electron chi connectivity index (χ3n) is 3.99. The number of aromatic nitrogens is 1. The number of para-hydroxylation sites is 1. The number of ether oxygens (including phenoxy) is 1. The molecule has 3 aromatic rings. The highest BCUT2D eigenvalue weighted by atomic mass is 35.5. The van der Waals surface area contributed by atoms with Crippen molar-refractivity contribution in [2.45, 2.75) is 13.5 Å². The molecule has 0 radical (unpaired) electrons. The highest BCUT2D eigenvalue weighted by Crippen LogP contribution is 2.26. The molecule has 0 fully saturated rings. The van der Waals surface area contributed by atoms with E-state index >= 15 is 0 Å². The van der Waals surface area contributed by atoms with Gasteiger partial charge in [0.25, 0.3) is 5.56 Å². The van der Waals surface area contributed by atoms with Crippen LogP contribution in [0.3, 0.4) is 0 Å². The van der Waals surface area contributed by atoms with E-state index in [1.54, 1.807) is 37.4 Å². The first-order valence-electron chi connectivity index (χ1n) is 7.47. The van der Waals surface area contributed by atoms with Crippen LogP contribution in [-0.4, -0.2) is 17.5 Å². The van der Waals surface area contributed by atoms with Gasteiger partial charge in [-0.2, -0.15) is 0 Å². The molecule has 0 saturated carbocycles. The summed E-state index contributed by atoms with van der Waals surface area (Å²) in [5.41, 5.74) is 1.76. The second-order valence-corrected chi connectivity index (χ2v) is 5.97. The first-order valence-corrected chi connectivity index (χ1v) is 7.85. The fourth-order valence-corrected chi connectivity index (χ4v) is 2.89. The van der Waals surface area contributed by atoms with Crippen LogP contribution < -0.4 is 10.3 Å². The summed E-state index contributed by atoms with van der Waals surface area (Å²) in [4.78, 5) is 25.0. The standard InChI is InChI=1S/C19H16ClNO3/c1-12-10-18(23)21(19-15(12)4-3-5-17(19)24-2)11-16(22)13-6-8-14(20)9-7-13/h3-10H,11H2,1-2H3. The van der Waals surface area contributed by atoms with E-state index in [9.17, 15) is 9.59 Å². The van der Waals surface area contributed by atoms with E-state index in [0.717, 1.165) is 10.9 Å². The molecule has 0 aliphatic rings. The highest BCUT2D eigenvalue weighted by Gasteiger charge is 2.15. The van der Waals surface area contributed by atoms with Gasteiger partial charge in [-0.25, -0.2) is 0 Å². The minimum absolute atomic E-state index is 0.0579. The molecule has 2 aromatic carbocycles. The lowest BCUT2D eigenvalue weighted by molar-refractivity contribution is 0.0972. The number of Topliss-reactive ketones (excluding diaryl/α,β-unsaturated/α-hetero) is 1. The molecule has 3 rings (SSSR count). The summed E-state index contributed by atoms with van der Waals surface area (Å²) in [5, 5.41) is 1.45. The van der Waals surface area contributed by atoms with Crippen molar-refractivity contribution in [3.05, 3.63) is 75.0 Å². The summed E-state index contributed by atoms with van der Waals surface area (Å²) in [6, 6.07) is 13.7. The van der Waals surface area contributed by atoms with Gasteiger partial charge in [0.2, 0.25) is 0 Å². The van der Waals surface area contributed by atoms with Gasteiger partial charge in [-0.15, -0.1) is 0 Å². The Bertz CT molecular complexity index is 974. The third-order valence-corrected chi connectivity index (χ3v) is 4.24. The van der Waals surface area contributed by atoms with Crippen molar-refractivity contribution < 1.29 is 9.53 Å². The van der Waals surface area contributed by atoms with E-state index in [0.29, 0.717) is 21.9 Å². The van der Waals surface area contributed by atoms with Crippen LogP contribution in [0, 0.1) is 6.92 Å². The van der Waals surface area contributed by atoms with Crippen molar-refractivity contribution in [3.63, 3.8) is 0 Å².